The van der Waals surface area contributed by atoms with Crippen LogP contribution in [-0.2, 0) is 9.59 Å². The zero-order valence-electron chi connectivity index (χ0n) is 12.7. The fraction of sp³-hybridized carbons (Fsp3) is 0.765. The Hall–Kier alpha value is -1.16. The van der Waals surface area contributed by atoms with Gasteiger partial charge in [-0.15, -0.1) is 0 Å². The quantitative estimate of drug-likeness (QED) is 0.641. The van der Waals surface area contributed by atoms with Gasteiger partial charge in [0.05, 0.1) is 17.9 Å². The van der Waals surface area contributed by atoms with Crippen molar-refractivity contribution in [2.45, 2.75) is 64.0 Å². The maximum absolute atomic E-state index is 12.8. The van der Waals surface area contributed by atoms with Crippen molar-refractivity contribution in [2.75, 3.05) is 0 Å². The van der Waals surface area contributed by atoms with Crippen LogP contribution in [0.15, 0.2) is 12.2 Å². The standard InChI is InChI=1S/C17H25NO3/c1-2-4-11-5-3-6-14-15(11)17(21)18(16(14)20)12-7-9-13(19)10-8-12/h3,5,11-15,19H,2,4,6-10H2,1H3. The second kappa shape index (κ2) is 5.91. The maximum atomic E-state index is 12.8. The molecule has 4 nitrogen and oxygen atoms in total. The summed E-state index contributed by atoms with van der Waals surface area (Å²) < 4.78 is 0. The number of carbonyl (C=O) groups is 2. The number of fused-ring (bicyclic) bond motifs is 1. The molecule has 3 unspecified atom stereocenters. The van der Waals surface area contributed by atoms with Crippen LogP contribution < -0.4 is 0 Å². The molecule has 116 valence electrons. The van der Waals surface area contributed by atoms with Crippen molar-refractivity contribution >= 4 is 11.8 Å². The number of carbonyl (C=O) groups excluding carboxylic acids is 2. The van der Waals surface area contributed by atoms with Crippen LogP contribution in [0, 0.1) is 17.8 Å². The van der Waals surface area contributed by atoms with E-state index in [4.69, 9.17) is 0 Å². The van der Waals surface area contributed by atoms with Gasteiger partial charge >= 0.3 is 0 Å². The van der Waals surface area contributed by atoms with E-state index in [1.54, 1.807) is 4.90 Å². The molecule has 1 N–H and O–H groups in total. The van der Waals surface area contributed by atoms with E-state index in [1.165, 1.54) is 0 Å². The highest BCUT2D eigenvalue weighted by atomic mass is 16.3. The molecule has 0 aromatic heterocycles. The summed E-state index contributed by atoms with van der Waals surface area (Å²) in [4.78, 5) is 27.1. The van der Waals surface area contributed by atoms with Gasteiger partial charge in [0.15, 0.2) is 0 Å². The number of rotatable bonds is 3. The number of aliphatic hydroxyl groups is 1. The monoisotopic (exact) mass is 291 g/mol. The predicted molar refractivity (Wildman–Crippen MR) is 79.3 cm³/mol. The van der Waals surface area contributed by atoms with Gasteiger partial charge in [-0.25, -0.2) is 0 Å². The zero-order chi connectivity index (χ0) is 15.0. The first-order chi connectivity index (χ1) is 10.1. The third kappa shape index (κ3) is 2.54. The normalized spacial score (nSPS) is 39.7. The van der Waals surface area contributed by atoms with Gasteiger partial charge in [0.25, 0.3) is 0 Å². The molecule has 1 heterocycles. The van der Waals surface area contributed by atoms with Crippen molar-refractivity contribution in [2.24, 2.45) is 17.8 Å². The molecule has 3 atom stereocenters. The van der Waals surface area contributed by atoms with Crippen molar-refractivity contribution in [1.82, 2.24) is 4.90 Å². The van der Waals surface area contributed by atoms with Crippen LogP contribution in [0.3, 0.4) is 0 Å². The summed E-state index contributed by atoms with van der Waals surface area (Å²) >= 11 is 0. The van der Waals surface area contributed by atoms with Gasteiger partial charge in [-0.05, 0) is 44.4 Å². The molecule has 0 aromatic rings. The highest BCUT2D eigenvalue weighted by molar-refractivity contribution is 6.06. The minimum Gasteiger partial charge on any atom is -0.393 e. The largest absolute Gasteiger partial charge is 0.393 e. The van der Waals surface area contributed by atoms with Crippen LogP contribution in [0.5, 0.6) is 0 Å². The molecule has 2 fully saturated rings. The Labute approximate surface area is 126 Å². The molecule has 0 bridgehead atoms. The van der Waals surface area contributed by atoms with E-state index in [9.17, 15) is 14.7 Å². The first-order valence-corrected chi connectivity index (χ1v) is 8.35. The molecule has 0 aromatic carbocycles. The molecule has 21 heavy (non-hydrogen) atoms. The Morgan fingerprint density at radius 3 is 2.57 bits per heavy atom. The molecule has 3 aliphatic rings. The predicted octanol–water partition coefficient (Wildman–Crippen LogP) is 2.27. The molecule has 1 aliphatic heterocycles. The highest BCUT2D eigenvalue weighted by Crippen LogP contribution is 2.42. The Morgan fingerprint density at radius 2 is 1.90 bits per heavy atom. The Kier molecular flexibility index (Phi) is 4.16. The van der Waals surface area contributed by atoms with Crippen molar-refractivity contribution < 1.29 is 14.7 Å². The highest BCUT2D eigenvalue weighted by Gasteiger charge is 2.52. The minimum absolute atomic E-state index is 0.0151. The molecule has 2 aliphatic carbocycles. The van der Waals surface area contributed by atoms with Crippen molar-refractivity contribution in [3.63, 3.8) is 0 Å². The third-order valence-electron chi connectivity index (χ3n) is 5.40. The van der Waals surface area contributed by atoms with E-state index < -0.39 is 0 Å². The lowest BCUT2D eigenvalue weighted by Crippen LogP contribution is -2.43. The summed E-state index contributed by atoms with van der Waals surface area (Å²) in [5, 5.41) is 9.62. The van der Waals surface area contributed by atoms with Crippen LogP contribution >= 0.6 is 0 Å². The van der Waals surface area contributed by atoms with Gasteiger partial charge < -0.3 is 5.11 Å². The summed E-state index contributed by atoms with van der Waals surface area (Å²) in [5.74, 6) is 0.0515. The van der Waals surface area contributed by atoms with Gasteiger partial charge in [-0.1, -0.05) is 25.5 Å². The number of hydrogen-bond donors (Lipinski definition) is 1. The van der Waals surface area contributed by atoms with E-state index in [-0.39, 0.29) is 41.7 Å². The smallest absolute Gasteiger partial charge is 0.233 e. The maximum Gasteiger partial charge on any atom is 0.233 e. The second-order valence-corrected chi connectivity index (χ2v) is 6.76. The summed E-state index contributed by atoms with van der Waals surface area (Å²) in [6, 6.07) is 0.0151. The topological polar surface area (TPSA) is 57.6 Å². The van der Waals surface area contributed by atoms with Gasteiger partial charge in [0, 0.05) is 6.04 Å². The number of likely N-dealkylation sites (tertiary alicyclic amines) is 1. The minimum atomic E-state index is -0.258. The Morgan fingerprint density at radius 1 is 1.19 bits per heavy atom. The van der Waals surface area contributed by atoms with E-state index in [1.807, 2.05) is 0 Å². The first-order valence-electron chi connectivity index (χ1n) is 8.35. The van der Waals surface area contributed by atoms with Crippen LogP contribution in [0.1, 0.15) is 51.9 Å². The van der Waals surface area contributed by atoms with Crippen LogP contribution in [0.4, 0.5) is 0 Å². The molecular weight excluding hydrogens is 266 g/mol. The molecule has 4 heteroatoms. The second-order valence-electron chi connectivity index (χ2n) is 6.76. The van der Waals surface area contributed by atoms with Crippen LogP contribution in [-0.4, -0.2) is 34.0 Å². The average Bonchev–Trinajstić information content (AvgIpc) is 2.74. The lowest BCUT2D eigenvalue weighted by atomic mass is 9.75. The molecule has 3 rings (SSSR count). The summed E-state index contributed by atoms with van der Waals surface area (Å²) in [5.41, 5.74) is 0. The van der Waals surface area contributed by atoms with Crippen molar-refractivity contribution in [3.8, 4) is 0 Å². The fourth-order valence-corrected chi connectivity index (χ4v) is 4.31. The molecular formula is C17H25NO3. The summed E-state index contributed by atoms with van der Waals surface area (Å²) in [6.07, 6.45) is 9.61. The van der Waals surface area contributed by atoms with E-state index in [2.05, 4.69) is 19.1 Å². The Bertz CT molecular complexity index is 451. The van der Waals surface area contributed by atoms with E-state index in [0.717, 1.165) is 25.7 Å². The van der Waals surface area contributed by atoms with Gasteiger partial charge in [0.2, 0.25) is 11.8 Å². The van der Waals surface area contributed by atoms with E-state index >= 15 is 0 Å². The zero-order valence-corrected chi connectivity index (χ0v) is 12.7. The average molecular weight is 291 g/mol. The van der Waals surface area contributed by atoms with Crippen LogP contribution in [0.25, 0.3) is 0 Å². The number of hydrogen-bond acceptors (Lipinski definition) is 3. The van der Waals surface area contributed by atoms with Crippen LogP contribution in [0.2, 0.25) is 0 Å². The number of allylic oxidation sites excluding steroid dienone is 2. The van der Waals surface area contributed by atoms with Crippen molar-refractivity contribution in [3.05, 3.63) is 12.2 Å². The summed E-state index contributed by atoms with van der Waals surface area (Å²) in [6.45, 7) is 2.12. The molecule has 1 saturated heterocycles. The van der Waals surface area contributed by atoms with Gasteiger partial charge in [0.1, 0.15) is 0 Å². The third-order valence-corrected chi connectivity index (χ3v) is 5.40. The first kappa shape index (κ1) is 14.8. The molecule has 0 radical (unpaired) electrons. The lowest BCUT2D eigenvalue weighted by Gasteiger charge is -2.32. The van der Waals surface area contributed by atoms with E-state index in [0.29, 0.717) is 19.3 Å². The van der Waals surface area contributed by atoms with Gasteiger partial charge in [-0.3, -0.25) is 14.5 Å². The molecule has 0 spiro atoms. The summed E-state index contributed by atoms with van der Waals surface area (Å²) in [7, 11) is 0. The number of amides is 2. The lowest BCUT2D eigenvalue weighted by molar-refractivity contribution is -0.144. The molecule has 2 amide bonds. The molecule has 1 saturated carbocycles. The fourth-order valence-electron chi connectivity index (χ4n) is 4.31. The number of nitrogens with zero attached hydrogens (tertiary/aromatic N) is 1. The Balaban J connectivity index is 1.79. The number of imide groups is 1. The van der Waals surface area contributed by atoms with Crippen molar-refractivity contribution in [1.29, 1.82) is 0 Å². The van der Waals surface area contributed by atoms with Gasteiger partial charge in [-0.2, -0.15) is 0 Å². The number of aliphatic hydroxyl groups excluding tert-OH is 1. The SMILES string of the molecule is CCCC1C=CCC2C(=O)N(C3CCC(O)CC3)C(=O)C12.